The predicted octanol–water partition coefficient (Wildman–Crippen LogP) is 10.8. The van der Waals surface area contributed by atoms with Crippen molar-refractivity contribution in [3.05, 3.63) is 72.9 Å². The zero-order valence-corrected chi connectivity index (χ0v) is 30.6. The van der Waals surface area contributed by atoms with Gasteiger partial charge in [-0.2, -0.15) is 0 Å². The van der Waals surface area contributed by atoms with Gasteiger partial charge in [0.15, 0.2) is 0 Å². The minimum absolute atomic E-state index is 0.0306. The maximum Gasteiger partial charge on any atom is 0.305 e. The lowest BCUT2D eigenvalue weighted by Gasteiger charge is -2.12. The van der Waals surface area contributed by atoms with Gasteiger partial charge in [0, 0.05) is 12.8 Å². The highest BCUT2D eigenvalue weighted by Gasteiger charge is 2.13. The predicted molar refractivity (Wildman–Crippen MR) is 202 cm³/mol. The quantitative estimate of drug-likeness (QED) is 0.0312. The molecule has 0 aliphatic heterocycles. The monoisotopic (exact) mass is 671 g/mol. The van der Waals surface area contributed by atoms with Crippen molar-refractivity contribution in [1.82, 2.24) is 0 Å². The van der Waals surface area contributed by atoms with E-state index < -0.39 is 18.2 Å². The van der Waals surface area contributed by atoms with Crippen LogP contribution in [0.5, 0.6) is 0 Å². The molecule has 6 heteroatoms. The molecule has 0 aromatic rings. The molecule has 6 nitrogen and oxygen atoms in total. The van der Waals surface area contributed by atoms with Crippen molar-refractivity contribution in [3.8, 4) is 0 Å². The number of esters is 2. The molecule has 2 N–H and O–H groups in total. The number of aliphatic hydroxyl groups is 2. The van der Waals surface area contributed by atoms with Gasteiger partial charge in [0.05, 0.1) is 6.10 Å². The average molecular weight is 671 g/mol. The Morgan fingerprint density at radius 1 is 0.521 bits per heavy atom. The highest BCUT2D eigenvalue weighted by atomic mass is 16.6. The molecule has 0 bridgehead atoms. The molecule has 0 rings (SSSR count). The van der Waals surface area contributed by atoms with Crippen molar-refractivity contribution in [2.45, 2.75) is 167 Å². The van der Waals surface area contributed by atoms with E-state index in [4.69, 9.17) is 9.47 Å². The molecule has 0 spiro atoms. The van der Waals surface area contributed by atoms with E-state index >= 15 is 0 Å². The third-order valence-corrected chi connectivity index (χ3v) is 7.82. The van der Waals surface area contributed by atoms with Crippen LogP contribution in [0.4, 0.5) is 0 Å². The Hall–Kier alpha value is -2.70. The van der Waals surface area contributed by atoms with E-state index in [1.165, 1.54) is 70.6 Å². The summed E-state index contributed by atoms with van der Waals surface area (Å²) in [6, 6.07) is 0. The van der Waals surface area contributed by atoms with E-state index in [1.54, 1.807) is 12.2 Å². The van der Waals surface area contributed by atoms with Gasteiger partial charge in [-0.05, 0) is 44.9 Å². The highest BCUT2D eigenvalue weighted by molar-refractivity contribution is 5.69. The summed E-state index contributed by atoms with van der Waals surface area (Å²) in [6.45, 7) is 3.96. The van der Waals surface area contributed by atoms with E-state index in [9.17, 15) is 19.8 Å². The summed E-state index contributed by atoms with van der Waals surface area (Å²) in [5.74, 6) is -0.841. The van der Waals surface area contributed by atoms with Crippen molar-refractivity contribution in [1.29, 1.82) is 0 Å². The Morgan fingerprint density at radius 3 is 1.42 bits per heavy atom. The zero-order valence-electron chi connectivity index (χ0n) is 30.6. The SMILES string of the molecule is CC/C=C\C/C=C\C/C=C\C/C=C\C/C=C\C=C/C(O)CCC(=O)OC[C@@H](O)COC(=O)CCCCCCCCCCCCCCCC. The molecular weight excluding hydrogens is 600 g/mol. The molecule has 0 amide bonds. The molecule has 0 saturated heterocycles. The Kier molecular flexibility index (Phi) is 35.0. The summed E-state index contributed by atoms with van der Waals surface area (Å²) in [5.41, 5.74) is 0. The van der Waals surface area contributed by atoms with Gasteiger partial charge in [0.2, 0.25) is 0 Å². The van der Waals surface area contributed by atoms with E-state index in [0.717, 1.165) is 51.4 Å². The smallest absolute Gasteiger partial charge is 0.305 e. The van der Waals surface area contributed by atoms with Crippen molar-refractivity contribution in [3.63, 3.8) is 0 Å². The van der Waals surface area contributed by atoms with Crippen LogP contribution in [0.2, 0.25) is 0 Å². The number of hydrogen-bond acceptors (Lipinski definition) is 6. The number of carbonyl (C=O) groups is 2. The van der Waals surface area contributed by atoms with Crippen LogP contribution >= 0.6 is 0 Å². The second kappa shape index (κ2) is 37.1. The molecule has 274 valence electrons. The van der Waals surface area contributed by atoms with Gasteiger partial charge >= 0.3 is 11.9 Å². The fraction of sp³-hybridized carbons (Fsp3) is 0.667. The van der Waals surface area contributed by atoms with E-state index in [1.807, 2.05) is 12.2 Å². The molecule has 0 fully saturated rings. The van der Waals surface area contributed by atoms with Crippen LogP contribution in [-0.4, -0.2) is 47.6 Å². The first-order valence-electron chi connectivity index (χ1n) is 19.1. The van der Waals surface area contributed by atoms with Crippen LogP contribution < -0.4 is 0 Å². The number of ether oxygens (including phenoxy) is 2. The van der Waals surface area contributed by atoms with Crippen molar-refractivity contribution < 1.29 is 29.3 Å². The topological polar surface area (TPSA) is 93.1 Å². The Labute approximate surface area is 294 Å². The zero-order chi connectivity index (χ0) is 35.2. The second-order valence-corrected chi connectivity index (χ2v) is 12.5. The molecule has 2 atom stereocenters. The molecule has 0 aliphatic carbocycles. The van der Waals surface area contributed by atoms with E-state index in [2.05, 4.69) is 62.5 Å². The summed E-state index contributed by atoms with van der Waals surface area (Å²) >= 11 is 0. The first kappa shape index (κ1) is 45.3. The van der Waals surface area contributed by atoms with Crippen molar-refractivity contribution >= 4 is 11.9 Å². The number of unbranched alkanes of at least 4 members (excludes halogenated alkanes) is 13. The molecular formula is C42H70O6. The van der Waals surface area contributed by atoms with Gasteiger partial charge in [-0.15, -0.1) is 0 Å². The fourth-order valence-electron chi connectivity index (χ4n) is 4.90. The van der Waals surface area contributed by atoms with Gasteiger partial charge in [-0.25, -0.2) is 0 Å². The van der Waals surface area contributed by atoms with Crippen LogP contribution in [0.3, 0.4) is 0 Å². The lowest BCUT2D eigenvalue weighted by Crippen LogP contribution is -2.25. The van der Waals surface area contributed by atoms with Crippen LogP contribution in [-0.2, 0) is 19.1 Å². The third-order valence-electron chi connectivity index (χ3n) is 7.82. The van der Waals surface area contributed by atoms with Crippen LogP contribution in [0.1, 0.15) is 155 Å². The molecule has 0 aliphatic rings. The number of carbonyl (C=O) groups excluding carboxylic acids is 2. The number of aliphatic hydroxyl groups excluding tert-OH is 2. The van der Waals surface area contributed by atoms with Crippen molar-refractivity contribution in [2.75, 3.05) is 13.2 Å². The minimum atomic E-state index is -1.06. The normalized spacial score (nSPS) is 13.7. The lowest BCUT2D eigenvalue weighted by atomic mass is 10.0. The summed E-state index contributed by atoms with van der Waals surface area (Å²) in [7, 11) is 0. The minimum Gasteiger partial charge on any atom is -0.463 e. The fourth-order valence-corrected chi connectivity index (χ4v) is 4.90. The van der Waals surface area contributed by atoms with E-state index in [0.29, 0.717) is 6.42 Å². The van der Waals surface area contributed by atoms with Gasteiger partial charge in [-0.1, -0.05) is 170 Å². The largest absolute Gasteiger partial charge is 0.463 e. The van der Waals surface area contributed by atoms with Crippen LogP contribution in [0.15, 0.2) is 72.9 Å². The molecule has 0 aromatic carbocycles. The van der Waals surface area contributed by atoms with E-state index in [-0.39, 0.29) is 32.0 Å². The molecule has 0 heterocycles. The third kappa shape index (κ3) is 36.1. The van der Waals surface area contributed by atoms with Gasteiger partial charge < -0.3 is 19.7 Å². The summed E-state index contributed by atoms with van der Waals surface area (Å²) in [4.78, 5) is 23.9. The van der Waals surface area contributed by atoms with Gasteiger partial charge in [-0.3, -0.25) is 9.59 Å². The second-order valence-electron chi connectivity index (χ2n) is 12.5. The molecule has 0 radical (unpaired) electrons. The molecule has 48 heavy (non-hydrogen) atoms. The van der Waals surface area contributed by atoms with Gasteiger partial charge in [0.25, 0.3) is 0 Å². The average Bonchev–Trinajstić information content (AvgIpc) is 3.08. The maximum absolute atomic E-state index is 12.0. The Bertz CT molecular complexity index is 913. The van der Waals surface area contributed by atoms with Crippen molar-refractivity contribution in [2.24, 2.45) is 0 Å². The number of allylic oxidation sites excluding steroid dienone is 11. The number of rotatable bonds is 33. The lowest BCUT2D eigenvalue weighted by molar-refractivity contribution is -0.152. The molecule has 1 unspecified atom stereocenters. The molecule has 0 saturated carbocycles. The van der Waals surface area contributed by atoms with Crippen LogP contribution in [0.25, 0.3) is 0 Å². The van der Waals surface area contributed by atoms with Crippen LogP contribution in [0, 0.1) is 0 Å². The highest BCUT2D eigenvalue weighted by Crippen LogP contribution is 2.13. The Morgan fingerprint density at radius 2 is 0.938 bits per heavy atom. The Balaban J connectivity index is 3.70. The first-order chi connectivity index (χ1) is 23.5. The first-order valence-corrected chi connectivity index (χ1v) is 19.1. The van der Waals surface area contributed by atoms with Gasteiger partial charge in [0.1, 0.15) is 19.3 Å². The molecule has 0 aromatic heterocycles. The summed E-state index contributed by atoms with van der Waals surface area (Å²) < 4.78 is 10.2. The maximum atomic E-state index is 12.0. The standard InChI is InChI=1S/C42H70O6/c1-3-5-7-9-11-13-15-17-19-20-21-23-25-27-29-31-33-39(43)35-36-42(46)48-38-40(44)37-47-41(45)34-32-30-28-26-24-22-18-16-14-12-10-8-6-4-2/h5,7,11,13,17,19,21,23,27,29,31,33,39-40,43-44H,3-4,6,8-10,12,14-16,18,20,22,24-26,28,30,32,34-38H2,1-2H3/b7-5-,13-11-,19-17-,23-21-,29-27-,33-31-/t39?,40-/m0/s1. The summed E-state index contributed by atoms with van der Waals surface area (Å²) in [6.07, 6.45) is 45.7. The number of hydrogen-bond donors (Lipinski definition) is 2. The summed E-state index contributed by atoms with van der Waals surface area (Å²) in [5, 5.41) is 20.1.